The van der Waals surface area contributed by atoms with E-state index in [1.165, 1.54) is 0 Å². The van der Waals surface area contributed by atoms with Crippen LogP contribution in [0.5, 0.6) is 0 Å². The second-order valence-electron chi connectivity index (χ2n) is 4.81. The predicted molar refractivity (Wildman–Crippen MR) is 83.2 cm³/mol. The number of hydrogen-bond acceptors (Lipinski definition) is 10. The first-order valence-electron chi connectivity index (χ1n) is 6.98. The molecule has 1 N–H and O–H groups in total. The molecule has 0 heterocycles. The summed E-state index contributed by atoms with van der Waals surface area (Å²) in [5.74, 6) is -3.49. The van der Waals surface area contributed by atoms with E-state index >= 15 is 0 Å². The molecule has 0 unspecified atom stereocenters. The molecule has 0 aromatic carbocycles. The molecule has 4 atom stereocenters. The van der Waals surface area contributed by atoms with Gasteiger partial charge in [0.05, 0.1) is 6.61 Å². The van der Waals surface area contributed by atoms with Crippen molar-refractivity contribution in [1.82, 2.24) is 0 Å². The van der Waals surface area contributed by atoms with Crippen LogP contribution in [0.25, 0.3) is 0 Å². The average molecular weight is 427 g/mol. The lowest BCUT2D eigenvalue weighted by Gasteiger charge is -2.33. The normalized spacial score (nSPS) is 15.1. The van der Waals surface area contributed by atoms with E-state index in [2.05, 4.69) is 15.9 Å². The third kappa shape index (κ3) is 8.59. The molecule has 0 aliphatic carbocycles. The summed E-state index contributed by atoms with van der Waals surface area (Å²) in [6.45, 7) is 3.23. The Balaban J connectivity index is 5.98. The molecule has 0 saturated heterocycles. The zero-order valence-electron chi connectivity index (χ0n) is 14.0. The van der Waals surface area contributed by atoms with Crippen LogP contribution in [-0.4, -0.2) is 64.7 Å². The summed E-state index contributed by atoms with van der Waals surface area (Å²) >= 11 is 2.60. The Bertz CT molecular complexity index is 532. The minimum Gasteiger partial charge on any atom is -0.456 e. The first kappa shape index (κ1) is 23.0. The van der Waals surface area contributed by atoms with Crippen LogP contribution >= 0.6 is 15.9 Å². The van der Waals surface area contributed by atoms with Crippen molar-refractivity contribution in [2.24, 2.45) is 0 Å². The van der Waals surface area contributed by atoms with Gasteiger partial charge < -0.3 is 24.1 Å². The molecule has 0 spiro atoms. The SMILES string of the molecule is CC(=O)O[C@@H]([C@H](OC(C)=O)[C@@H](OC(C)=O)C(=O)Br)[C@@H](CO)OC(C)=O. The van der Waals surface area contributed by atoms with Crippen molar-refractivity contribution in [3.8, 4) is 0 Å². The number of esters is 4. The average Bonchev–Trinajstić information content (AvgIpc) is 2.45. The number of aliphatic hydroxyl groups is 1. The minimum atomic E-state index is -1.71. The van der Waals surface area contributed by atoms with E-state index in [1.807, 2.05) is 0 Å². The fraction of sp³-hybridized carbons (Fsp3) is 0.643. The van der Waals surface area contributed by atoms with Crippen LogP contribution < -0.4 is 0 Å². The third-order valence-corrected chi connectivity index (χ3v) is 3.06. The number of rotatable bonds is 9. The van der Waals surface area contributed by atoms with E-state index in [9.17, 15) is 29.1 Å². The first-order valence-corrected chi connectivity index (χ1v) is 7.78. The quantitative estimate of drug-likeness (QED) is 0.294. The van der Waals surface area contributed by atoms with Crippen molar-refractivity contribution >= 4 is 44.5 Å². The molecule has 10 nitrogen and oxygen atoms in total. The maximum Gasteiger partial charge on any atom is 0.303 e. The fourth-order valence-corrected chi connectivity index (χ4v) is 2.24. The van der Waals surface area contributed by atoms with E-state index in [1.54, 1.807) is 0 Å². The van der Waals surface area contributed by atoms with Gasteiger partial charge in [-0.3, -0.25) is 24.0 Å². The second-order valence-corrected chi connectivity index (χ2v) is 5.59. The molecule has 0 rings (SSSR count). The summed E-state index contributed by atoms with van der Waals surface area (Å²) in [6.07, 6.45) is -6.47. The van der Waals surface area contributed by atoms with E-state index in [-0.39, 0.29) is 0 Å². The lowest BCUT2D eigenvalue weighted by atomic mass is 10.0. The molecule has 25 heavy (non-hydrogen) atoms. The Morgan fingerprint density at radius 1 is 0.760 bits per heavy atom. The minimum absolute atomic E-state index is 0.821. The van der Waals surface area contributed by atoms with Gasteiger partial charge in [-0.25, -0.2) is 0 Å². The molecule has 0 bridgehead atoms. The predicted octanol–water partition coefficient (Wildman–Crippen LogP) is -0.373. The topological polar surface area (TPSA) is 142 Å². The molecule has 0 radical (unpaired) electrons. The van der Waals surface area contributed by atoms with Crippen LogP contribution in [0.4, 0.5) is 0 Å². The molecule has 0 saturated carbocycles. The number of carbonyl (C=O) groups excluding carboxylic acids is 5. The second kappa shape index (κ2) is 10.8. The lowest BCUT2D eigenvalue weighted by Crippen LogP contribution is -2.54. The third-order valence-electron chi connectivity index (χ3n) is 2.61. The zero-order valence-corrected chi connectivity index (χ0v) is 15.6. The molecule has 0 aromatic heterocycles. The zero-order chi connectivity index (χ0) is 19.7. The molecular weight excluding hydrogens is 408 g/mol. The monoisotopic (exact) mass is 426 g/mol. The van der Waals surface area contributed by atoms with E-state index in [0.717, 1.165) is 27.7 Å². The molecule has 142 valence electrons. The van der Waals surface area contributed by atoms with Crippen LogP contribution in [0.1, 0.15) is 27.7 Å². The van der Waals surface area contributed by atoms with Gasteiger partial charge >= 0.3 is 23.9 Å². The Morgan fingerprint density at radius 3 is 1.48 bits per heavy atom. The molecule has 0 fully saturated rings. The summed E-state index contributed by atoms with van der Waals surface area (Å²) in [6, 6.07) is 0. The van der Waals surface area contributed by atoms with Crippen molar-refractivity contribution in [2.45, 2.75) is 52.1 Å². The fourth-order valence-electron chi connectivity index (χ4n) is 1.88. The number of hydrogen-bond donors (Lipinski definition) is 1. The van der Waals surface area contributed by atoms with Gasteiger partial charge in [0, 0.05) is 27.7 Å². The van der Waals surface area contributed by atoms with Gasteiger partial charge in [-0.05, 0) is 15.9 Å². The van der Waals surface area contributed by atoms with Crippen molar-refractivity contribution in [2.75, 3.05) is 6.61 Å². The van der Waals surface area contributed by atoms with E-state index in [0.29, 0.717) is 0 Å². The van der Waals surface area contributed by atoms with Gasteiger partial charge in [-0.2, -0.15) is 0 Å². The van der Waals surface area contributed by atoms with Crippen molar-refractivity contribution in [1.29, 1.82) is 0 Å². The molecule has 0 aromatic rings. The highest BCUT2D eigenvalue weighted by Crippen LogP contribution is 2.21. The lowest BCUT2D eigenvalue weighted by molar-refractivity contribution is -0.199. The van der Waals surface area contributed by atoms with Gasteiger partial charge in [0.2, 0.25) is 10.8 Å². The highest BCUT2D eigenvalue weighted by atomic mass is 79.9. The first-order chi connectivity index (χ1) is 11.5. The number of ether oxygens (including phenoxy) is 4. The summed E-state index contributed by atoms with van der Waals surface area (Å²) in [4.78, 5) is 56.9. The molecule has 0 aliphatic rings. The Labute approximate surface area is 151 Å². The summed E-state index contributed by atoms with van der Waals surface area (Å²) in [5.41, 5.74) is 0. The van der Waals surface area contributed by atoms with Gasteiger partial charge in [0.25, 0.3) is 0 Å². The van der Waals surface area contributed by atoms with Crippen LogP contribution in [0.15, 0.2) is 0 Å². The van der Waals surface area contributed by atoms with Crippen LogP contribution in [0, 0.1) is 0 Å². The van der Waals surface area contributed by atoms with Gasteiger partial charge in [0.1, 0.15) is 0 Å². The maximum atomic E-state index is 11.8. The van der Waals surface area contributed by atoms with Crippen molar-refractivity contribution in [3.05, 3.63) is 0 Å². The van der Waals surface area contributed by atoms with Crippen LogP contribution in [0.2, 0.25) is 0 Å². The van der Waals surface area contributed by atoms with Gasteiger partial charge in [-0.15, -0.1) is 0 Å². The molecular formula is C14H19BrO10. The summed E-state index contributed by atoms with van der Waals surface area (Å²) < 4.78 is 18.7. The Hall–Kier alpha value is -2.01. The van der Waals surface area contributed by atoms with Crippen molar-refractivity contribution < 1.29 is 48.0 Å². The standard InChI is InChI=1S/C14H19BrO10/c1-6(17)22-10(5-16)11(23-7(2)18)12(24-8(3)19)13(14(15)21)25-9(4)20/h10-13,16H,5H2,1-4H3/t10-,11-,12+,13-/m1/s1. The van der Waals surface area contributed by atoms with Crippen LogP contribution in [0.3, 0.4) is 0 Å². The highest BCUT2D eigenvalue weighted by molar-refractivity contribution is 9.18. The van der Waals surface area contributed by atoms with Gasteiger partial charge in [0.15, 0.2) is 18.3 Å². The highest BCUT2D eigenvalue weighted by Gasteiger charge is 2.45. The summed E-state index contributed by atoms with van der Waals surface area (Å²) in [7, 11) is 0. The number of aliphatic hydroxyl groups excluding tert-OH is 1. The van der Waals surface area contributed by atoms with Crippen molar-refractivity contribution in [3.63, 3.8) is 0 Å². The molecule has 0 amide bonds. The van der Waals surface area contributed by atoms with Crippen LogP contribution in [-0.2, 0) is 42.9 Å². The maximum absolute atomic E-state index is 11.8. The van der Waals surface area contributed by atoms with E-state index < -0.39 is 59.6 Å². The number of halogens is 1. The Morgan fingerprint density at radius 2 is 1.16 bits per heavy atom. The molecule has 11 heteroatoms. The van der Waals surface area contributed by atoms with Gasteiger partial charge in [-0.1, -0.05) is 0 Å². The number of carbonyl (C=O) groups is 5. The smallest absolute Gasteiger partial charge is 0.303 e. The Kier molecular flexibility index (Phi) is 9.91. The summed E-state index contributed by atoms with van der Waals surface area (Å²) in [5, 5.41) is 9.43. The van der Waals surface area contributed by atoms with E-state index in [4.69, 9.17) is 18.9 Å². The largest absolute Gasteiger partial charge is 0.456 e. The molecule has 0 aliphatic heterocycles.